The van der Waals surface area contributed by atoms with Gasteiger partial charge >= 0.3 is 5.97 Å². The molecular weight excluding hydrogens is 433 g/mol. The van der Waals surface area contributed by atoms with E-state index in [1.54, 1.807) is 0 Å². The van der Waals surface area contributed by atoms with Crippen LogP contribution in [0, 0.1) is 52.3 Å². The molecular formula is C28H46FNO4. The van der Waals surface area contributed by atoms with E-state index in [0.29, 0.717) is 36.5 Å². The first kappa shape index (κ1) is 25.9. The number of halogens is 1. The smallest absolute Gasteiger partial charge is 0.303 e. The minimum Gasteiger partial charge on any atom is -0.459 e. The molecule has 3 N–H and O–H groups in total. The number of rotatable bonds is 6. The van der Waals surface area contributed by atoms with Gasteiger partial charge in [0.1, 0.15) is 12.3 Å². The second kappa shape index (κ2) is 9.37. The van der Waals surface area contributed by atoms with Crippen LogP contribution in [0.4, 0.5) is 4.39 Å². The van der Waals surface area contributed by atoms with Crippen LogP contribution in [-0.4, -0.2) is 35.4 Å². The molecule has 0 saturated heterocycles. The first-order valence-electron chi connectivity index (χ1n) is 13.7. The monoisotopic (exact) mass is 479 g/mol. The zero-order chi connectivity index (χ0) is 25.0. The largest absolute Gasteiger partial charge is 0.459 e. The number of fused-ring (bicyclic) bond motifs is 5. The Morgan fingerprint density at radius 1 is 1.12 bits per heavy atom. The number of primary amides is 1. The molecule has 1 amide bonds. The predicted octanol–water partition coefficient (Wildman–Crippen LogP) is 5.03. The second-order valence-electron chi connectivity index (χ2n) is 12.7. The Bertz CT molecular complexity index is 790. The van der Waals surface area contributed by atoms with Crippen molar-refractivity contribution in [3.05, 3.63) is 0 Å². The molecule has 4 rings (SSSR count). The molecule has 5 nitrogen and oxygen atoms in total. The van der Waals surface area contributed by atoms with Gasteiger partial charge in [-0.3, -0.25) is 9.59 Å². The second-order valence-corrected chi connectivity index (χ2v) is 12.7. The highest BCUT2D eigenvalue weighted by atomic mass is 19.1. The summed E-state index contributed by atoms with van der Waals surface area (Å²) < 4.78 is 21.4. The average Bonchev–Trinajstić information content (AvgIpc) is 3.12. The Morgan fingerprint density at radius 3 is 2.38 bits per heavy atom. The standard InChI is InChI=1S/C28H46FNO4/c1-6-17-24-25(29)21(34-16(3)31)12-14-28(24,5)20-11-13-27(4)18(15(2)7-10-22(30)32)8-9-19(27)23(20)26(17)33/h15,17-21,23-26,33H,6-14H2,1-5H3,(H2,30,32)/t15-,17-,18?,19?,20?,21-,23?,24-,25+,26-,27-,28-/m1/s1. The molecule has 0 aromatic carbocycles. The normalized spacial score (nSPS) is 48.9. The van der Waals surface area contributed by atoms with Gasteiger partial charge in [0.25, 0.3) is 0 Å². The van der Waals surface area contributed by atoms with Crippen molar-refractivity contribution in [3.8, 4) is 0 Å². The van der Waals surface area contributed by atoms with Crippen LogP contribution >= 0.6 is 0 Å². The number of hydrogen-bond donors (Lipinski definition) is 2. The molecule has 0 bridgehead atoms. The van der Waals surface area contributed by atoms with Gasteiger partial charge in [-0.2, -0.15) is 0 Å². The molecule has 4 aliphatic rings. The summed E-state index contributed by atoms with van der Waals surface area (Å²) in [6.07, 6.45) is 5.34. The summed E-state index contributed by atoms with van der Waals surface area (Å²) in [5, 5.41) is 11.8. The highest BCUT2D eigenvalue weighted by Gasteiger charge is 2.67. The molecule has 4 unspecified atom stereocenters. The highest BCUT2D eigenvalue weighted by molar-refractivity contribution is 5.73. The van der Waals surface area contributed by atoms with E-state index in [0.717, 1.165) is 44.9 Å². The van der Waals surface area contributed by atoms with Crippen LogP contribution in [0.3, 0.4) is 0 Å². The molecule has 34 heavy (non-hydrogen) atoms. The van der Waals surface area contributed by atoms with Crippen molar-refractivity contribution in [2.75, 3.05) is 0 Å². The van der Waals surface area contributed by atoms with Crippen molar-refractivity contribution in [1.82, 2.24) is 0 Å². The third-order valence-electron chi connectivity index (χ3n) is 11.3. The van der Waals surface area contributed by atoms with Gasteiger partial charge in [-0.05, 0) is 91.3 Å². The van der Waals surface area contributed by atoms with Gasteiger partial charge in [-0.25, -0.2) is 4.39 Å². The maximum Gasteiger partial charge on any atom is 0.303 e. The van der Waals surface area contributed by atoms with Crippen molar-refractivity contribution < 1.29 is 23.8 Å². The summed E-state index contributed by atoms with van der Waals surface area (Å²) in [6.45, 7) is 10.4. The maximum absolute atomic E-state index is 16.0. The van der Waals surface area contributed by atoms with Gasteiger partial charge in [0.05, 0.1) is 6.10 Å². The maximum atomic E-state index is 16.0. The number of alkyl halides is 1. The van der Waals surface area contributed by atoms with E-state index < -0.39 is 24.3 Å². The van der Waals surface area contributed by atoms with Crippen molar-refractivity contribution in [2.45, 2.75) is 111 Å². The molecule has 194 valence electrons. The van der Waals surface area contributed by atoms with Crippen molar-refractivity contribution in [2.24, 2.45) is 58.0 Å². The SMILES string of the molecule is CC[C@@H]1[C@@H]2[C@@H](F)[C@H](OC(C)=O)CC[C@]2(C)C2CC[C@@]3(C)C(CCC3[C@H](C)CCC(N)=O)C2[C@@H]1O. The van der Waals surface area contributed by atoms with E-state index in [1.165, 1.54) is 6.92 Å². The number of aliphatic hydroxyl groups excluding tert-OH is 1. The lowest BCUT2D eigenvalue weighted by molar-refractivity contribution is -0.226. The van der Waals surface area contributed by atoms with Crippen LogP contribution in [0.1, 0.15) is 92.4 Å². The summed E-state index contributed by atoms with van der Waals surface area (Å²) in [5.74, 6) is 0.834. The number of hydrogen-bond acceptors (Lipinski definition) is 4. The molecule has 0 aromatic rings. The Hall–Kier alpha value is -1.17. The fourth-order valence-electron chi connectivity index (χ4n) is 9.85. The summed E-state index contributed by atoms with van der Waals surface area (Å²) in [4.78, 5) is 23.0. The molecule has 0 aromatic heterocycles. The van der Waals surface area contributed by atoms with Crippen LogP contribution in [0.5, 0.6) is 0 Å². The van der Waals surface area contributed by atoms with Gasteiger partial charge in [0.15, 0.2) is 0 Å². The Labute approximate surface area is 204 Å². The molecule has 0 heterocycles. The number of ether oxygens (including phenoxy) is 1. The summed E-state index contributed by atoms with van der Waals surface area (Å²) >= 11 is 0. The van der Waals surface area contributed by atoms with E-state index in [4.69, 9.17) is 10.5 Å². The van der Waals surface area contributed by atoms with Gasteiger partial charge in [0.2, 0.25) is 5.91 Å². The van der Waals surface area contributed by atoms with E-state index >= 15 is 4.39 Å². The van der Waals surface area contributed by atoms with Crippen LogP contribution < -0.4 is 5.73 Å². The van der Waals surface area contributed by atoms with Gasteiger partial charge < -0.3 is 15.6 Å². The summed E-state index contributed by atoms with van der Waals surface area (Å²) in [7, 11) is 0. The molecule has 0 aliphatic heterocycles. The van der Waals surface area contributed by atoms with Gasteiger partial charge in [0, 0.05) is 19.3 Å². The third-order valence-corrected chi connectivity index (χ3v) is 11.3. The first-order valence-corrected chi connectivity index (χ1v) is 13.7. The quantitative estimate of drug-likeness (QED) is 0.523. The van der Waals surface area contributed by atoms with Crippen molar-refractivity contribution in [1.29, 1.82) is 0 Å². The van der Waals surface area contributed by atoms with Gasteiger partial charge in [-0.15, -0.1) is 0 Å². The number of carbonyl (C=O) groups excluding carboxylic acids is 2. The molecule has 4 fully saturated rings. The predicted molar refractivity (Wildman–Crippen MR) is 129 cm³/mol. The van der Waals surface area contributed by atoms with Crippen LogP contribution in [-0.2, 0) is 14.3 Å². The van der Waals surface area contributed by atoms with E-state index in [-0.39, 0.29) is 34.5 Å². The van der Waals surface area contributed by atoms with E-state index in [2.05, 4.69) is 27.7 Å². The van der Waals surface area contributed by atoms with Crippen LogP contribution in [0.25, 0.3) is 0 Å². The molecule has 0 spiro atoms. The van der Waals surface area contributed by atoms with Crippen LogP contribution in [0.15, 0.2) is 0 Å². The lowest BCUT2D eigenvalue weighted by atomic mass is 9.41. The first-order chi connectivity index (χ1) is 16.0. The Balaban J connectivity index is 1.62. The van der Waals surface area contributed by atoms with Crippen LogP contribution in [0.2, 0.25) is 0 Å². The van der Waals surface area contributed by atoms with Crippen molar-refractivity contribution in [3.63, 3.8) is 0 Å². The zero-order valence-electron chi connectivity index (χ0n) is 21.8. The van der Waals surface area contributed by atoms with Crippen molar-refractivity contribution >= 4 is 11.9 Å². The molecule has 12 atom stereocenters. The fraction of sp³-hybridized carbons (Fsp3) is 0.929. The minimum atomic E-state index is -1.22. The highest BCUT2D eigenvalue weighted by Crippen LogP contribution is 2.69. The average molecular weight is 480 g/mol. The summed E-state index contributed by atoms with van der Waals surface area (Å²) in [5.41, 5.74) is 5.40. The molecule has 4 saturated carbocycles. The lowest BCUT2D eigenvalue weighted by Gasteiger charge is -2.65. The lowest BCUT2D eigenvalue weighted by Crippen LogP contribution is -2.65. The molecule has 4 aliphatic carbocycles. The number of aliphatic hydroxyl groups is 1. The number of nitrogens with two attached hydrogens (primary N) is 1. The fourth-order valence-corrected chi connectivity index (χ4v) is 9.85. The van der Waals surface area contributed by atoms with E-state index in [1.807, 2.05) is 0 Å². The topological polar surface area (TPSA) is 89.6 Å². The summed E-state index contributed by atoms with van der Waals surface area (Å²) in [6, 6.07) is 0. The van der Waals surface area contributed by atoms with E-state index in [9.17, 15) is 14.7 Å². The molecule has 0 radical (unpaired) electrons. The van der Waals surface area contributed by atoms with Gasteiger partial charge in [-0.1, -0.05) is 34.1 Å². The number of amides is 1. The Morgan fingerprint density at radius 2 is 1.76 bits per heavy atom. The number of esters is 1. The molecule has 6 heteroatoms. The minimum absolute atomic E-state index is 0.117. The zero-order valence-corrected chi connectivity index (χ0v) is 21.8. The Kier molecular flexibility index (Phi) is 7.14. The third kappa shape index (κ3) is 4.00. The number of carbonyl (C=O) groups is 2.